The maximum absolute atomic E-state index is 12.1. The third-order valence-electron chi connectivity index (χ3n) is 3.42. The van der Waals surface area contributed by atoms with E-state index in [0.29, 0.717) is 13.0 Å². The first-order valence-corrected chi connectivity index (χ1v) is 6.54. The van der Waals surface area contributed by atoms with Gasteiger partial charge in [0.15, 0.2) is 0 Å². The van der Waals surface area contributed by atoms with E-state index in [4.69, 9.17) is 5.73 Å². The number of carbonyl (C=O) groups excluding carboxylic acids is 1. The Bertz CT molecular complexity index is 419. The summed E-state index contributed by atoms with van der Waals surface area (Å²) in [5, 5.41) is 2.96. The number of hydrogen-bond acceptors (Lipinski definition) is 3. The minimum absolute atomic E-state index is 0.0983. The van der Waals surface area contributed by atoms with Crippen molar-refractivity contribution in [2.75, 3.05) is 24.5 Å². The molecule has 0 radical (unpaired) electrons. The van der Waals surface area contributed by atoms with Crippen molar-refractivity contribution in [1.82, 2.24) is 5.32 Å². The number of amides is 1. The third-order valence-corrected chi connectivity index (χ3v) is 3.42. The third kappa shape index (κ3) is 2.64. The van der Waals surface area contributed by atoms with E-state index in [-0.39, 0.29) is 11.9 Å². The summed E-state index contributed by atoms with van der Waals surface area (Å²) in [6.07, 6.45) is 1.67. The van der Waals surface area contributed by atoms with Crippen molar-refractivity contribution in [3.05, 3.63) is 29.8 Å². The monoisotopic (exact) mass is 247 g/mol. The van der Waals surface area contributed by atoms with Crippen LogP contribution in [0.2, 0.25) is 0 Å². The molecule has 98 valence electrons. The molecule has 0 bridgehead atoms. The summed E-state index contributed by atoms with van der Waals surface area (Å²) in [5.74, 6) is 0.0983. The molecule has 1 unspecified atom stereocenters. The standard InChI is InChI=1S/C14H21N3O/c1-11-5-2-3-6-12(11)17-10-4-9-16-14(18)13(17)7-8-15/h2-3,5-6,13H,4,7-10,15H2,1H3,(H,16,18). The Morgan fingerprint density at radius 3 is 2.94 bits per heavy atom. The Balaban J connectivity index is 2.32. The first kappa shape index (κ1) is 12.9. The molecule has 1 saturated heterocycles. The highest BCUT2D eigenvalue weighted by Crippen LogP contribution is 2.24. The Kier molecular flexibility index (Phi) is 4.20. The average molecular weight is 247 g/mol. The van der Waals surface area contributed by atoms with Crippen LogP contribution in [0, 0.1) is 6.92 Å². The first-order chi connectivity index (χ1) is 8.74. The minimum atomic E-state index is -0.140. The second-order valence-electron chi connectivity index (χ2n) is 4.72. The molecule has 2 rings (SSSR count). The number of carbonyl (C=O) groups is 1. The van der Waals surface area contributed by atoms with Crippen molar-refractivity contribution in [3.63, 3.8) is 0 Å². The molecule has 1 heterocycles. The van der Waals surface area contributed by atoms with Gasteiger partial charge in [0.05, 0.1) is 0 Å². The van der Waals surface area contributed by atoms with Gasteiger partial charge in [0.1, 0.15) is 6.04 Å². The van der Waals surface area contributed by atoms with Gasteiger partial charge in [0.25, 0.3) is 0 Å². The zero-order valence-electron chi connectivity index (χ0n) is 10.9. The summed E-state index contributed by atoms with van der Waals surface area (Å²) >= 11 is 0. The number of nitrogens with two attached hydrogens (primary N) is 1. The highest BCUT2D eigenvalue weighted by Gasteiger charge is 2.28. The number of aryl methyl sites for hydroxylation is 1. The predicted molar refractivity (Wildman–Crippen MR) is 73.6 cm³/mol. The van der Waals surface area contributed by atoms with E-state index in [2.05, 4.69) is 29.3 Å². The smallest absolute Gasteiger partial charge is 0.242 e. The van der Waals surface area contributed by atoms with Crippen LogP contribution in [0.3, 0.4) is 0 Å². The summed E-state index contributed by atoms with van der Waals surface area (Å²) < 4.78 is 0. The normalized spacial score (nSPS) is 20.4. The molecular weight excluding hydrogens is 226 g/mol. The number of benzene rings is 1. The highest BCUT2D eigenvalue weighted by atomic mass is 16.2. The molecule has 1 aliphatic heterocycles. The number of hydrogen-bond donors (Lipinski definition) is 2. The molecule has 0 aliphatic carbocycles. The quantitative estimate of drug-likeness (QED) is 0.839. The van der Waals surface area contributed by atoms with Gasteiger partial charge in [0.2, 0.25) is 5.91 Å². The molecule has 0 saturated carbocycles. The van der Waals surface area contributed by atoms with E-state index < -0.39 is 0 Å². The average Bonchev–Trinajstić information content (AvgIpc) is 2.54. The fourth-order valence-corrected chi connectivity index (χ4v) is 2.49. The van der Waals surface area contributed by atoms with E-state index in [1.165, 1.54) is 5.56 Å². The van der Waals surface area contributed by atoms with Crippen molar-refractivity contribution in [2.24, 2.45) is 5.73 Å². The molecule has 0 spiro atoms. The van der Waals surface area contributed by atoms with Gasteiger partial charge in [-0.2, -0.15) is 0 Å². The van der Waals surface area contributed by atoms with E-state index in [1.54, 1.807) is 0 Å². The molecule has 18 heavy (non-hydrogen) atoms. The highest BCUT2D eigenvalue weighted by molar-refractivity contribution is 5.86. The summed E-state index contributed by atoms with van der Waals surface area (Å²) in [6, 6.07) is 8.06. The molecule has 1 aromatic carbocycles. The van der Waals surface area contributed by atoms with Crippen LogP contribution in [-0.2, 0) is 4.79 Å². The van der Waals surface area contributed by atoms with Gasteiger partial charge >= 0.3 is 0 Å². The van der Waals surface area contributed by atoms with Gasteiger partial charge in [0, 0.05) is 18.8 Å². The largest absolute Gasteiger partial charge is 0.359 e. The lowest BCUT2D eigenvalue weighted by molar-refractivity contribution is -0.122. The van der Waals surface area contributed by atoms with Crippen LogP contribution in [-0.4, -0.2) is 31.6 Å². The zero-order valence-corrected chi connectivity index (χ0v) is 10.9. The molecule has 1 atom stereocenters. The lowest BCUT2D eigenvalue weighted by Crippen LogP contribution is -2.45. The Labute approximate surface area is 108 Å². The van der Waals surface area contributed by atoms with Crippen LogP contribution < -0.4 is 16.0 Å². The predicted octanol–water partition coefficient (Wildman–Crippen LogP) is 1.04. The molecule has 0 aromatic heterocycles. The number of anilines is 1. The zero-order chi connectivity index (χ0) is 13.0. The van der Waals surface area contributed by atoms with Gasteiger partial charge in [-0.3, -0.25) is 4.79 Å². The Morgan fingerprint density at radius 2 is 2.22 bits per heavy atom. The van der Waals surface area contributed by atoms with E-state index in [1.807, 2.05) is 12.1 Å². The van der Waals surface area contributed by atoms with Crippen molar-refractivity contribution in [1.29, 1.82) is 0 Å². The maximum Gasteiger partial charge on any atom is 0.242 e. The van der Waals surface area contributed by atoms with Crippen LogP contribution in [0.5, 0.6) is 0 Å². The summed E-state index contributed by atoms with van der Waals surface area (Å²) in [5.41, 5.74) is 7.99. The lowest BCUT2D eigenvalue weighted by Gasteiger charge is -2.31. The topological polar surface area (TPSA) is 58.4 Å². The first-order valence-electron chi connectivity index (χ1n) is 6.54. The Hall–Kier alpha value is -1.55. The van der Waals surface area contributed by atoms with E-state index >= 15 is 0 Å². The summed E-state index contributed by atoms with van der Waals surface area (Å²) in [4.78, 5) is 14.3. The van der Waals surface area contributed by atoms with Crippen LogP contribution in [0.1, 0.15) is 18.4 Å². The molecule has 4 nitrogen and oxygen atoms in total. The second kappa shape index (κ2) is 5.87. The Morgan fingerprint density at radius 1 is 1.44 bits per heavy atom. The summed E-state index contributed by atoms with van der Waals surface area (Å²) in [6.45, 7) is 4.26. The molecule has 3 N–H and O–H groups in total. The minimum Gasteiger partial charge on any atom is -0.359 e. The molecule has 1 fully saturated rings. The van der Waals surface area contributed by atoms with Gasteiger partial charge in [-0.05, 0) is 37.9 Å². The van der Waals surface area contributed by atoms with Crippen molar-refractivity contribution < 1.29 is 4.79 Å². The molecular formula is C14H21N3O. The molecule has 1 aliphatic rings. The van der Waals surface area contributed by atoms with Crippen molar-refractivity contribution in [2.45, 2.75) is 25.8 Å². The van der Waals surface area contributed by atoms with Crippen LogP contribution in [0.15, 0.2) is 24.3 Å². The fourth-order valence-electron chi connectivity index (χ4n) is 2.49. The molecule has 4 heteroatoms. The second-order valence-corrected chi connectivity index (χ2v) is 4.72. The van der Waals surface area contributed by atoms with Gasteiger partial charge < -0.3 is 16.0 Å². The number of nitrogens with one attached hydrogen (secondary N) is 1. The number of nitrogens with zero attached hydrogens (tertiary/aromatic N) is 1. The van der Waals surface area contributed by atoms with Crippen molar-refractivity contribution in [3.8, 4) is 0 Å². The number of rotatable bonds is 3. The van der Waals surface area contributed by atoms with Gasteiger partial charge in [-0.15, -0.1) is 0 Å². The van der Waals surface area contributed by atoms with Crippen LogP contribution in [0.4, 0.5) is 5.69 Å². The summed E-state index contributed by atoms with van der Waals surface area (Å²) in [7, 11) is 0. The van der Waals surface area contributed by atoms with Gasteiger partial charge in [-0.1, -0.05) is 18.2 Å². The SMILES string of the molecule is Cc1ccccc1N1CCCNC(=O)C1CCN. The fraction of sp³-hybridized carbons (Fsp3) is 0.500. The van der Waals surface area contributed by atoms with Crippen LogP contribution >= 0.6 is 0 Å². The molecule has 1 amide bonds. The van der Waals surface area contributed by atoms with E-state index in [9.17, 15) is 4.79 Å². The molecule has 1 aromatic rings. The van der Waals surface area contributed by atoms with Crippen LogP contribution in [0.25, 0.3) is 0 Å². The lowest BCUT2D eigenvalue weighted by atomic mass is 10.1. The van der Waals surface area contributed by atoms with Gasteiger partial charge in [-0.25, -0.2) is 0 Å². The number of para-hydroxylation sites is 1. The maximum atomic E-state index is 12.1. The van der Waals surface area contributed by atoms with E-state index in [0.717, 1.165) is 25.2 Å². The van der Waals surface area contributed by atoms with Crippen molar-refractivity contribution >= 4 is 11.6 Å².